The fourth-order valence-electron chi connectivity index (χ4n) is 11.4. The maximum atomic E-state index is 14.6. The minimum atomic E-state index is -0.720. The lowest BCUT2D eigenvalue weighted by molar-refractivity contribution is 0.0917. The van der Waals surface area contributed by atoms with Gasteiger partial charge in [-0.1, -0.05) is 30.2 Å². The quantitative estimate of drug-likeness (QED) is 0.0531. The first-order valence-electron chi connectivity index (χ1n) is 28.9. The summed E-state index contributed by atoms with van der Waals surface area (Å²) in [6.07, 6.45) is 12.0. The van der Waals surface area contributed by atoms with E-state index in [2.05, 4.69) is 37.1 Å². The molecule has 4 heterocycles. The molecule has 10 aromatic rings. The van der Waals surface area contributed by atoms with E-state index in [9.17, 15) is 28.0 Å². The summed E-state index contributed by atoms with van der Waals surface area (Å²) < 4.78 is 52.8. The lowest BCUT2D eigenvalue weighted by Crippen LogP contribution is -2.36. The van der Waals surface area contributed by atoms with Gasteiger partial charge in [0, 0.05) is 61.5 Å². The van der Waals surface area contributed by atoms with Crippen molar-refractivity contribution in [2.24, 2.45) is 0 Å². The molecule has 4 aromatic heterocycles. The van der Waals surface area contributed by atoms with Crippen molar-refractivity contribution in [2.75, 3.05) is 40.9 Å². The number of aryl methyl sites for hydroxylation is 2. The molecule has 0 unspecified atom stereocenters. The number of carbonyl (C=O) groups excluding carboxylic acids is 4. The number of aromatic nitrogens is 2. The Bertz CT molecular complexity index is 4410. The number of furan rings is 2. The molecule has 2 aliphatic rings. The zero-order chi connectivity index (χ0) is 61.4. The molecule has 6 aromatic carbocycles. The second kappa shape index (κ2) is 23.8. The van der Waals surface area contributed by atoms with E-state index in [1.54, 1.807) is 61.8 Å². The van der Waals surface area contributed by atoms with Crippen LogP contribution in [0.2, 0.25) is 0 Å². The predicted octanol–water partition coefficient (Wildman–Crippen LogP) is 12.6. The summed E-state index contributed by atoms with van der Waals surface area (Å²) in [5, 5.41) is 13.1. The first kappa shape index (κ1) is 58.0. The molecule has 442 valence electrons. The molecule has 0 aliphatic heterocycles. The summed E-state index contributed by atoms with van der Waals surface area (Å²) in [6.45, 7) is 5.04. The van der Waals surface area contributed by atoms with Crippen LogP contribution in [-0.2, 0) is 17.6 Å². The van der Waals surface area contributed by atoms with E-state index in [0.717, 1.165) is 57.5 Å². The number of nitrogens with one attached hydrogen (secondary N) is 4. The van der Waals surface area contributed by atoms with Crippen LogP contribution in [0, 0.1) is 37.8 Å². The van der Waals surface area contributed by atoms with E-state index in [4.69, 9.17) is 29.7 Å². The van der Waals surface area contributed by atoms with Gasteiger partial charge in [0.25, 0.3) is 23.6 Å². The van der Waals surface area contributed by atoms with Gasteiger partial charge in [0.1, 0.15) is 59.0 Å². The van der Waals surface area contributed by atoms with Crippen molar-refractivity contribution in [3.63, 3.8) is 0 Å². The van der Waals surface area contributed by atoms with Crippen molar-refractivity contribution in [1.29, 1.82) is 0 Å². The number of benzene rings is 6. The monoisotopic (exact) mass is 1180 g/mol. The number of carbonyl (C=O) groups is 4. The molecule has 2 saturated carbocycles. The number of pyridine rings is 2. The third-order valence-electron chi connectivity index (χ3n) is 16.4. The molecule has 0 radical (unpaired) electrons. The summed E-state index contributed by atoms with van der Waals surface area (Å²) in [4.78, 5) is 67.6. The molecule has 17 heteroatoms. The van der Waals surface area contributed by atoms with Crippen LogP contribution >= 0.6 is 0 Å². The van der Waals surface area contributed by atoms with E-state index in [0.29, 0.717) is 104 Å². The molecule has 0 spiro atoms. The summed E-state index contributed by atoms with van der Waals surface area (Å²) in [5.74, 6) is 1.57. The minimum Gasteiger partial charge on any atom is -0.491 e. The molecule has 2 aliphatic carbocycles. The molecule has 0 atom stereocenters. The Morgan fingerprint density at radius 3 is 1.53 bits per heavy atom. The van der Waals surface area contributed by atoms with E-state index in [1.165, 1.54) is 31.3 Å². The molecular formula is C71H61F2N7O8. The lowest BCUT2D eigenvalue weighted by Gasteiger charge is -2.22. The van der Waals surface area contributed by atoms with Gasteiger partial charge in [0.2, 0.25) is 0 Å². The molecule has 4 amide bonds. The second-order valence-electron chi connectivity index (χ2n) is 22.5. The Labute approximate surface area is 506 Å². The van der Waals surface area contributed by atoms with Crippen LogP contribution in [0.4, 0.5) is 8.78 Å². The van der Waals surface area contributed by atoms with Gasteiger partial charge in [0.05, 0.1) is 44.7 Å². The van der Waals surface area contributed by atoms with Crippen LogP contribution in [0.15, 0.2) is 161 Å². The highest BCUT2D eigenvalue weighted by molar-refractivity contribution is 6.13. The maximum absolute atomic E-state index is 14.6. The zero-order valence-electron chi connectivity index (χ0n) is 49.0. The van der Waals surface area contributed by atoms with E-state index in [-0.39, 0.29) is 42.4 Å². The SMILES string of the molecule is C#CCOc1cc(C)c(-c2ccc3oc(-c4ccc(F)cc4)c(C(=O)NC)c3c2)cc1C(=O)NC1(c2ccc(CN(C)CCOc3cc(C)c(-c4ccc5oc(-c6ccc(F)cc6)c(C(=O)NC)c5c4)cc3C(=O)NC3(c4ccccn4)CC3)cn2)CC1. The first-order chi connectivity index (χ1) is 42.6. The molecule has 88 heavy (non-hydrogen) atoms. The average molecular weight is 1180 g/mol. The molecule has 0 saturated heterocycles. The summed E-state index contributed by atoms with van der Waals surface area (Å²) >= 11 is 0. The number of fused-ring (bicyclic) bond motifs is 2. The average Bonchev–Trinajstić information content (AvgIpc) is 3.11. The largest absolute Gasteiger partial charge is 0.491 e. The second-order valence-corrected chi connectivity index (χ2v) is 22.5. The van der Waals surface area contributed by atoms with Gasteiger partial charge in [-0.2, -0.15) is 0 Å². The summed E-state index contributed by atoms with van der Waals surface area (Å²) in [6, 6.07) is 39.4. The highest BCUT2D eigenvalue weighted by Crippen LogP contribution is 2.47. The van der Waals surface area contributed by atoms with E-state index < -0.39 is 22.7 Å². The van der Waals surface area contributed by atoms with E-state index in [1.807, 2.05) is 93.8 Å². The molecule has 12 rings (SSSR count). The van der Waals surface area contributed by atoms with Crippen LogP contribution in [0.25, 0.3) is 66.8 Å². The number of nitrogens with zero attached hydrogens (tertiary/aromatic N) is 3. The predicted molar refractivity (Wildman–Crippen MR) is 332 cm³/mol. The lowest BCUT2D eigenvalue weighted by atomic mass is 9.94. The topological polar surface area (TPSA) is 190 Å². The third-order valence-corrected chi connectivity index (χ3v) is 16.4. The van der Waals surface area contributed by atoms with Crippen LogP contribution < -0.4 is 30.7 Å². The summed E-state index contributed by atoms with van der Waals surface area (Å²) in [7, 11) is 5.05. The molecule has 4 N–H and O–H groups in total. The highest BCUT2D eigenvalue weighted by Gasteiger charge is 2.48. The number of terminal acetylenes is 1. The van der Waals surface area contributed by atoms with Crippen molar-refractivity contribution >= 4 is 45.6 Å². The fourth-order valence-corrected chi connectivity index (χ4v) is 11.4. The number of ether oxygens (including phenoxy) is 2. The molecule has 2 fully saturated rings. The van der Waals surface area contributed by atoms with Gasteiger partial charge in [-0.3, -0.25) is 34.0 Å². The Morgan fingerprint density at radius 1 is 0.602 bits per heavy atom. The van der Waals surface area contributed by atoms with Gasteiger partial charge >= 0.3 is 0 Å². The number of hydrogen-bond donors (Lipinski definition) is 4. The number of likely N-dealkylation sites (N-methyl/N-ethyl adjacent to an activating group) is 1. The Morgan fingerprint density at radius 2 is 1.09 bits per heavy atom. The first-order valence-corrected chi connectivity index (χ1v) is 28.9. The van der Waals surface area contributed by atoms with Crippen molar-refractivity contribution in [2.45, 2.75) is 57.2 Å². The minimum absolute atomic E-state index is 0.0611. The van der Waals surface area contributed by atoms with Crippen LogP contribution in [0.1, 0.15) is 95.2 Å². The maximum Gasteiger partial charge on any atom is 0.255 e. The molecule has 0 bridgehead atoms. The highest BCUT2D eigenvalue weighted by atomic mass is 19.1. The van der Waals surface area contributed by atoms with Crippen LogP contribution in [0.5, 0.6) is 11.5 Å². The van der Waals surface area contributed by atoms with Gasteiger partial charge < -0.3 is 39.6 Å². The van der Waals surface area contributed by atoms with E-state index >= 15 is 0 Å². The number of halogens is 2. The van der Waals surface area contributed by atoms with Crippen LogP contribution in [-0.4, -0.2) is 79.4 Å². The Balaban J connectivity index is 0.754. The van der Waals surface area contributed by atoms with Gasteiger partial charge in [-0.25, -0.2) is 8.78 Å². The fraction of sp³-hybridized carbons (Fsp3) is 0.211. The van der Waals surface area contributed by atoms with Gasteiger partial charge in [0.15, 0.2) is 0 Å². The number of amides is 4. The Hall–Kier alpha value is -10.4. The zero-order valence-corrected chi connectivity index (χ0v) is 49.0. The third kappa shape index (κ3) is 11.4. The van der Waals surface area contributed by atoms with Gasteiger partial charge in [-0.05, 0) is 201 Å². The van der Waals surface area contributed by atoms with Crippen LogP contribution in [0.3, 0.4) is 0 Å². The number of hydrogen-bond acceptors (Lipinski definition) is 11. The standard InChI is InChI=1S/C71H61F2N7O8/c1-7-31-85-58-33-41(2)50(46-16-22-56-52(35-46)62(68(83)74-4)64(87-56)44-12-18-48(72)19-13-44)37-54(58)66(81)79-71(27-28-71)61-24-11-43(39-77-61)40-80(6)30-32-86-59-34-42(3)51(38-55(59)67(82)78-70(25-26-70)60-10-8-9-29-76-60)47-17-23-57-53(36-47)63(69(84)75-5)65(88-57)45-14-20-49(73)21-15-45/h1,8-24,29,33-39H,25-28,30-32,40H2,2-6H3,(H,74,83)(H,75,84)(H,78,82)(H,79,81). The van der Waals surface area contributed by atoms with Crippen molar-refractivity contribution in [1.82, 2.24) is 36.1 Å². The van der Waals surface area contributed by atoms with Gasteiger partial charge in [-0.15, -0.1) is 6.42 Å². The molecular weight excluding hydrogens is 1120 g/mol. The van der Waals surface area contributed by atoms with Crippen molar-refractivity contribution in [3.05, 3.63) is 214 Å². The smallest absolute Gasteiger partial charge is 0.255 e. The van der Waals surface area contributed by atoms with Crippen molar-refractivity contribution in [3.8, 4) is 68.7 Å². The normalized spacial score (nSPS) is 13.6. The Kier molecular flexibility index (Phi) is 15.7. The molecule has 15 nitrogen and oxygen atoms in total. The number of rotatable bonds is 20. The summed E-state index contributed by atoms with van der Waals surface area (Å²) in [5.41, 5.74) is 8.86. The van der Waals surface area contributed by atoms with Crippen molar-refractivity contribution < 1.29 is 46.3 Å².